The number of hydrogen-bond acceptors (Lipinski definition) is 4. The minimum atomic E-state index is -3.51. The third-order valence-corrected chi connectivity index (χ3v) is 5.66. The Bertz CT molecular complexity index is 680. The first-order valence-electron chi connectivity index (χ1n) is 6.90. The third kappa shape index (κ3) is 3.31. The highest BCUT2D eigenvalue weighted by molar-refractivity contribution is 7.91. The van der Waals surface area contributed by atoms with Crippen LogP contribution in [0.1, 0.15) is 36.1 Å². The van der Waals surface area contributed by atoms with E-state index < -0.39 is 15.1 Å². The second-order valence-electron chi connectivity index (χ2n) is 5.28. The summed E-state index contributed by atoms with van der Waals surface area (Å²) in [6.07, 6.45) is 3.17. The Morgan fingerprint density at radius 2 is 1.76 bits per heavy atom. The monoisotopic (exact) mass is 304 g/mol. The minimum absolute atomic E-state index is 0.0277. The zero-order valence-electron chi connectivity index (χ0n) is 12.2. The van der Waals surface area contributed by atoms with Crippen LogP contribution >= 0.6 is 0 Å². The SMILES string of the molecule is CC(C)c1ccc(S(=O)(=O)[C@@H](CN)c2cccnc2)cc1. The molecule has 112 valence electrons. The molecule has 0 radical (unpaired) electrons. The van der Waals surface area contributed by atoms with Gasteiger partial charge in [0.1, 0.15) is 5.25 Å². The summed E-state index contributed by atoms with van der Waals surface area (Å²) in [4.78, 5) is 4.28. The van der Waals surface area contributed by atoms with Gasteiger partial charge < -0.3 is 5.73 Å². The second kappa shape index (κ2) is 6.37. The molecule has 0 aliphatic carbocycles. The van der Waals surface area contributed by atoms with E-state index in [1.165, 1.54) is 0 Å². The molecule has 2 N–H and O–H groups in total. The fraction of sp³-hybridized carbons (Fsp3) is 0.312. The van der Waals surface area contributed by atoms with E-state index in [0.29, 0.717) is 16.4 Å². The lowest BCUT2D eigenvalue weighted by atomic mass is 10.0. The van der Waals surface area contributed by atoms with Gasteiger partial charge in [-0.05, 0) is 35.2 Å². The zero-order chi connectivity index (χ0) is 15.5. The number of sulfone groups is 1. The molecule has 1 aromatic heterocycles. The number of pyridine rings is 1. The zero-order valence-corrected chi connectivity index (χ0v) is 13.0. The van der Waals surface area contributed by atoms with Crippen LogP contribution in [0.3, 0.4) is 0 Å². The lowest BCUT2D eigenvalue weighted by molar-refractivity contribution is 0.582. The molecule has 2 rings (SSSR count). The molecule has 21 heavy (non-hydrogen) atoms. The number of benzene rings is 1. The highest BCUT2D eigenvalue weighted by Gasteiger charge is 2.28. The van der Waals surface area contributed by atoms with Crippen molar-refractivity contribution in [1.82, 2.24) is 4.98 Å². The maximum atomic E-state index is 12.7. The average Bonchev–Trinajstić information content (AvgIpc) is 2.49. The summed E-state index contributed by atoms with van der Waals surface area (Å²) in [5.74, 6) is 0.366. The van der Waals surface area contributed by atoms with Crippen LogP contribution in [-0.4, -0.2) is 19.9 Å². The molecule has 0 aliphatic rings. The Morgan fingerprint density at radius 1 is 1.10 bits per heavy atom. The molecule has 0 fully saturated rings. The van der Waals surface area contributed by atoms with E-state index in [-0.39, 0.29) is 6.54 Å². The predicted molar refractivity (Wildman–Crippen MR) is 83.7 cm³/mol. The molecule has 0 unspecified atom stereocenters. The molecule has 0 spiro atoms. The van der Waals surface area contributed by atoms with E-state index in [4.69, 9.17) is 5.73 Å². The molecule has 0 bridgehead atoms. The average molecular weight is 304 g/mol. The summed E-state index contributed by atoms with van der Waals surface area (Å²) < 4.78 is 25.5. The molecule has 0 amide bonds. The van der Waals surface area contributed by atoms with E-state index in [9.17, 15) is 8.42 Å². The molecule has 0 saturated heterocycles. The summed E-state index contributed by atoms with van der Waals surface area (Å²) in [5, 5.41) is -0.768. The lowest BCUT2D eigenvalue weighted by Crippen LogP contribution is -2.22. The van der Waals surface area contributed by atoms with Gasteiger partial charge in [0.05, 0.1) is 4.90 Å². The van der Waals surface area contributed by atoms with Gasteiger partial charge in [-0.2, -0.15) is 0 Å². The first kappa shape index (κ1) is 15.7. The van der Waals surface area contributed by atoms with Crippen molar-refractivity contribution in [2.75, 3.05) is 6.54 Å². The Kier molecular flexibility index (Phi) is 4.75. The van der Waals surface area contributed by atoms with Crippen molar-refractivity contribution < 1.29 is 8.42 Å². The highest BCUT2D eigenvalue weighted by Crippen LogP contribution is 2.28. The first-order valence-corrected chi connectivity index (χ1v) is 8.45. The van der Waals surface area contributed by atoms with E-state index in [1.54, 1.807) is 36.7 Å². The van der Waals surface area contributed by atoms with Crippen molar-refractivity contribution in [2.45, 2.75) is 29.9 Å². The van der Waals surface area contributed by atoms with Gasteiger partial charge in [0.15, 0.2) is 9.84 Å². The normalized spacial score (nSPS) is 13.3. The quantitative estimate of drug-likeness (QED) is 0.921. The first-order chi connectivity index (χ1) is 9.96. The number of nitrogens with zero attached hydrogens (tertiary/aromatic N) is 1. The highest BCUT2D eigenvalue weighted by atomic mass is 32.2. The molecule has 1 heterocycles. The number of nitrogens with two attached hydrogens (primary N) is 1. The summed E-state index contributed by atoms with van der Waals surface area (Å²) in [6.45, 7) is 4.17. The third-order valence-electron chi connectivity index (χ3n) is 3.52. The van der Waals surface area contributed by atoms with Crippen molar-refractivity contribution in [3.63, 3.8) is 0 Å². The maximum absolute atomic E-state index is 12.7. The number of aromatic nitrogens is 1. The predicted octanol–water partition coefficient (Wildman–Crippen LogP) is 2.68. The van der Waals surface area contributed by atoms with Gasteiger partial charge in [0, 0.05) is 18.9 Å². The molecule has 0 saturated carbocycles. The van der Waals surface area contributed by atoms with Gasteiger partial charge in [-0.15, -0.1) is 0 Å². The summed E-state index contributed by atoms with van der Waals surface area (Å²) in [7, 11) is -3.51. The van der Waals surface area contributed by atoms with E-state index in [1.807, 2.05) is 12.1 Å². The van der Waals surface area contributed by atoms with Crippen LogP contribution in [0.15, 0.2) is 53.7 Å². The maximum Gasteiger partial charge on any atom is 0.186 e. The van der Waals surface area contributed by atoms with Crippen LogP contribution in [0.25, 0.3) is 0 Å². The molecule has 5 heteroatoms. The Balaban J connectivity index is 2.40. The van der Waals surface area contributed by atoms with E-state index >= 15 is 0 Å². The van der Waals surface area contributed by atoms with Crippen molar-refractivity contribution in [1.29, 1.82) is 0 Å². The fourth-order valence-electron chi connectivity index (χ4n) is 2.22. The summed E-state index contributed by atoms with van der Waals surface area (Å²) in [6, 6.07) is 10.5. The van der Waals surface area contributed by atoms with Crippen LogP contribution in [-0.2, 0) is 9.84 Å². The van der Waals surface area contributed by atoms with E-state index in [0.717, 1.165) is 5.56 Å². The molecule has 4 nitrogen and oxygen atoms in total. The smallest absolute Gasteiger partial charge is 0.186 e. The molecular formula is C16H20N2O2S. The molecule has 2 aromatic rings. The lowest BCUT2D eigenvalue weighted by Gasteiger charge is -2.16. The number of hydrogen-bond donors (Lipinski definition) is 1. The van der Waals surface area contributed by atoms with Gasteiger partial charge in [0.2, 0.25) is 0 Å². The Hall–Kier alpha value is -1.72. The minimum Gasteiger partial charge on any atom is -0.329 e. The van der Waals surface area contributed by atoms with E-state index in [2.05, 4.69) is 18.8 Å². The van der Waals surface area contributed by atoms with Crippen LogP contribution < -0.4 is 5.73 Å². The fourth-order valence-corrected chi connectivity index (χ4v) is 3.81. The topological polar surface area (TPSA) is 73.0 Å². The van der Waals surface area contributed by atoms with Crippen molar-refractivity contribution in [3.05, 3.63) is 59.9 Å². The van der Waals surface area contributed by atoms with Crippen molar-refractivity contribution in [3.8, 4) is 0 Å². The van der Waals surface area contributed by atoms with Gasteiger partial charge in [-0.25, -0.2) is 8.42 Å². The molecular weight excluding hydrogens is 284 g/mol. The van der Waals surface area contributed by atoms with Crippen LogP contribution in [0, 0.1) is 0 Å². The molecule has 1 aromatic carbocycles. The Morgan fingerprint density at radius 3 is 2.24 bits per heavy atom. The van der Waals surface area contributed by atoms with Crippen LogP contribution in [0.4, 0.5) is 0 Å². The van der Waals surface area contributed by atoms with Gasteiger partial charge >= 0.3 is 0 Å². The van der Waals surface area contributed by atoms with Crippen molar-refractivity contribution in [2.24, 2.45) is 5.73 Å². The van der Waals surface area contributed by atoms with Crippen molar-refractivity contribution >= 4 is 9.84 Å². The van der Waals surface area contributed by atoms with Gasteiger partial charge in [-0.1, -0.05) is 32.0 Å². The summed E-state index contributed by atoms with van der Waals surface area (Å²) in [5.41, 5.74) is 7.43. The Labute approximate surface area is 125 Å². The van der Waals surface area contributed by atoms with Crippen LogP contribution in [0.5, 0.6) is 0 Å². The second-order valence-corrected chi connectivity index (χ2v) is 7.41. The van der Waals surface area contributed by atoms with Gasteiger partial charge in [0.25, 0.3) is 0 Å². The molecule has 0 aliphatic heterocycles. The largest absolute Gasteiger partial charge is 0.329 e. The number of rotatable bonds is 5. The molecule has 1 atom stereocenters. The van der Waals surface area contributed by atoms with Crippen LogP contribution in [0.2, 0.25) is 0 Å². The summed E-state index contributed by atoms with van der Waals surface area (Å²) >= 11 is 0. The standard InChI is InChI=1S/C16H20N2O2S/c1-12(2)13-5-7-15(8-6-13)21(19,20)16(10-17)14-4-3-9-18-11-14/h3-9,11-12,16H,10,17H2,1-2H3/t16-/m0/s1. The van der Waals surface area contributed by atoms with Gasteiger partial charge in [-0.3, -0.25) is 4.98 Å².